The number of halogens is 2. The lowest BCUT2D eigenvalue weighted by molar-refractivity contribution is -0.132. The number of carbonyl (C=O) groups excluding carboxylic acids is 1. The first-order chi connectivity index (χ1) is 11.7. The maximum absolute atomic E-state index is 12.6. The van der Waals surface area contributed by atoms with Crippen molar-refractivity contribution in [2.75, 3.05) is 31.1 Å². The zero-order chi connectivity index (χ0) is 16.9. The fourth-order valence-corrected chi connectivity index (χ4v) is 3.85. The molecule has 0 bridgehead atoms. The number of rotatable bonds is 6. The average molecular weight is 422 g/mol. The van der Waals surface area contributed by atoms with Gasteiger partial charge in [-0.05, 0) is 18.2 Å². The summed E-state index contributed by atoms with van der Waals surface area (Å²) >= 11 is 1.72. The topological polar surface area (TPSA) is 67.4 Å². The van der Waals surface area contributed by atoms with Crippen LogP contribution in [0.3, 0.4) is 0 Å². The molecule has 3 heterocycles. The number of aryl methyl sites for hydroxylation is 1. The van der Waals surface area contributed by atoms with E-state index in [0.29, 0.717) is 12.3 Å². The molecule has 6 nitrogen and oxygen atoms in total. The second-order valence-corrected chi connectivity index (χ2v) is 7.71. The van der Waals surface area contributed by atoms with Crippen LogP contribution in [0.5, 0.6) is 0 Å². The lowest BCUT2D eigenvalue weighted by atomic mass is 10.2. The molecule has 0 fully saturated rings. The van der Waals surface area contributed by atoms with Gasteiger partial charge in [-0.2, -0.15) is 16.9 Å². The Bertz CT molecular complexity index is 602. The van der Waals surface area contributed by atoms with E-state index in [-0.39, 0.29) is 30.7 Å². The third kappa shape index (κ3) is 5.89. The van der Waals surface area contributed by atoms with Gasteiger partial charge in [-0.25, -0.2) is 0 Å². The number of nitrogens with two attached hydrogens (primary N) is 1. The number of thioether (sulfide) groups is 1. The van der Waals surface area contributed by atoms with Gasteiger partial charge in [0.15, 0.2) is 0 Å². The van der Waals surface area contributed by atoms with Gasteiger partial charge in [0.1, 0.15) is 0 Å². The Morgan fingerprint density at radius 1 is 1.31 bits per heavy atom. The summed E-state index contributed by atoms with van der Waals surface area (Å²) in [4.78, 5) is 16.8. The number of carbonyl (C=O) groups is 1. The van der Waals surface area contributed by atoms with Gasteiger partial charge < -0.3 is 10.6 Å². The molecule has 0 aromatic carbocycles. The zero-order valence-electron chi connectivity index (χ0n) is 15.2. The zero-order valence-corrected chi connectivity index (χ0v) is 17.6. The van der Waals surface area contributed by atoms with Gasteiger partial charge >= 0.3 is 0 Å². The van der Waals surface area contributed by atoms with E-state index in [0.717, 1.165) is 56.3 Å². The maximum Gasteiger partial charge on any atom is 0.240 e. The molecule has 2 aliphatic heterocycles. The summed E-state index contributed by atoms with van der Waals surface area (Å²) < 4.78 is 2.07. The largest absolute Gasteiger partial charge is 0.335 e. The number of hydrogen-bond donors (Lipinski definition) is 1. The summed E-state index contributed by atoms with van der Waals surface area (Å²) in [5.41, 5.74) is 8.29. The quantitative estimate of drug-likeness (QED) is 0.710. The van der Waals surface area contributed by atoms with Gasteiger partial charge in [-0.3, -0.25) is 14.4 Å². The molecule has 3 rings (SSSR count). The first-order valence-electron chi connectivity index (χ1n) is 8.72. The van der Waals surface area contributed by atoms with Crippen LogP contribution in [-0.2, 0) is 24.4 Å². The lowest BCUT2D eigenvalue weighted by Gasteiger charge is -2.23. The van der Waals surface area contributed by atoms with Crippen LogP contribution in [0.15, 0.2) is 18.2 Å². The van der Waals surface area contributed by atoms with E-state index >= 15 is 0 Å². The Labute approximate surface area is 172 Å². The summed E-state index contributed by atoms with van der Waals surface area (Å²) in [5.74, 6) is 1.75. The normalized spacial score (nSPS) is 17.8. The number of hydrogen-bond acceptors (Lipinski definition) is 5. The third-order valence-electron chi connectivity index (χ3n) is 4.47. The van der Waals surface area contributed by atoms with Crippen LogP contribution in [-0.4, -0.2) is 62.7 Å². The molecule has 2 N–H and O–H groups in total. The average Bonchev–Trinajstić information content (AvgIpc) is 3.17. The first-order valence-corrected chi connectivity index (χ1v) is 9.88. The van der Waals surface area contributed by atoms with Crippen molar-refractivity contribution in [1.82, 2.24) is 19.6 Å². The minimum atomic E-state index is -0.403. The molecule has 1 amide bonds. The molecular formula is C17H29Cl2N5OS. The molecule has 1 aromatic rings. The van der Waals surface area contributed by atoms with E-state index in [4.69, 9.17) is 10.8 Å². The predicted molar refractivity (Wildman–Crippen MR) is 112 cm³/mol. The summed E-state index contributed by atoms with van der Waals surface area (Å²) in [7, 11) is 0. The first kappa shape index (κ1) is 23.3. The number of fused-ring (bicyclic) bond motifs is 1. The van der Waals surface area contributed by atoms with E-state index in [1.807, 2.05) is 4.90 Å². The third-order valence-corrected chi connectivity index (χ3v) is 5.48. The van der Waals surface area contributed by atoms with Gasteiger partial charge in [0.2, 0.25) is 5.91 Å². The summed E-state index contributed by atoms with van der Waals surface area (Å²) in [6, 6.07) is 1.75. The Hall–Kier alpha value is -0.730. The van der Waals surface area contributed by atoms with Gasteiger partial charge in [0.25, 0.3) is 0 Å². The summed E-state index contributed by atoms with van der Waals surface area (Å²) in [6.45, 7) is 7.20. The fraction of sp³-hybridized carbons (Fsp3) is 0.647. The Kier molecular flexibility index (Phi) is 10.0. The Morgan fingerprint density at radius 2 is 2.04 bits per heavy atom. The highest BCUT2D eigenvalue weighted by molar-refractivity contribution is 7.99. The standard InChI is InChI=1S/C17H27N5OS.2ClH/c1-2-24-13-16(18)17(23)21-8-5-9-22-15(12-21)10-14(19-22)11-20-6-3-4-7-20;;/h3-4,10,16H,2,5-9,11-13,18H2,1H3;2*1H/t16-;;/m0../s1. The Morgan fingerprint density at radius 3 is 2.73 bits per heavy atom. The number of aromatic nitrogens is 2. The Balaban J connectivity index is 0.00000169. The van der Waals surface area contributed by atoms with Crippen molar-refractivity contribution in [1.29, 1.82) is 0 Å². The van der Waals surface area contributed by atoms with Gasteiger partial charge in [-0.15, -0.1) is 24.8 Å². The van der Waals surface area contributed by atoms with Crippen molar-refractivity contribution in [2.24, 2.45) is 5.73 Å². The molecule has 0 saturated heterocycles. The highest BCUT2D eigenvalue weighted by Crippen LogP contribution is 2.17. The van der Waals surface area contributed by atoms with Gasteiger partial charge in [0, 0.05) is 38.5 Å². The molecule has 148 valence electrons. The van der Waals surface area contributed by atoms with Crippen LogP contribution in [0, 0.1) is 0 Å². The molecule has 1 aromatic heterocycles. The minimum absolute atomic E-state index is 0. The van der Waals surface area contributed by atoms with Crippen LogP contribution < -0.4 is 5.73 Å². The van der Waals surface area contributed by atoms with E-state index in [1.54, 1.807) is 11.8 Å². The smallest absolute Gasteiger partial charge is 0.240 e. The monoisotopic (exact) mass is 421 g/mol. The van der Waals surface area contributed by atoms with Crippen molar-refractivity contribution in [3.8, 4) is 0 Å². The minimum Gasteiger partial charge on any atom is -0.335 e. The van der Waals surface area contributed by atoms with Crippen LogP contribution in [0.25, 0.3) is 0 Å². The van der Waals surface area contributed by atoms with Gasteiger partial charge in [0.05, 0.1) is 24.0 Å². The molecule has 9 heteroatoms. The highest BCUT2D eigenvalue weighted by atomic mass is 35.5. The van der Waals surface area contributed by atoms with Crippen LogP contribution in [0.1, 0.15) is 24.7 Å². The maximum atomic E-state index is 12.6. The second kappa shape index (κ2) is 11.2. The molecule has 0 spiro atoms. The van der Waals surface area contributed by atoms with Crippen LogP contribution in [0.2, 0.25) is 0 Å². The molecular weight excluding hydrogens is 393 g/mol. The SMILES string of the molecule is CCSC[C@H](N)C(=O)N1CCCn2nc(CN3CC=CC3)cc2C1.Cl.Cl. The second-order valence-electron chi connectivity index (χ2n) is 6.39. The molecule has 1 atom stereocenters. The summed E-state index contributed by atoms with van der Waals surface area (Å²) in [5, 5.41) is 4.74. The molecule has 26 heavy (non-hydrogen) atoms. The fourth-order valence-electron chi connectivity index (χ4n) is 3.22. The van der Waals surface area contributed by atoms with Crippen molar-refractivity contribution in [2.45, 2.75) is 39.0 Å². The predicted octanol–water partition coefficient (Wildman–Crippen LogP) is 1.91. The van der Waals surface area contributed by atoms with E-state index in [1.165, 1.54) is 0 Å². The number of nitrogens with zero attached hydrogens (tertiary/aromatic N) is 4. The van der Waals surface area contributed by atoms with Crippen LogP contribution in [0.4, 0.5) is 0 Å². The van der Waals surface area contributed by atoms with Crippen molar-refractivity contribution in [3.05, 3.63) is 29.6 Å². The van der Waals surface area contributed by atoms with Gasteiger partial charge in [-0.1, -0.05) is 19.1 Å². The summed E-state index contributed by atoms with van der Waals surface area (Å²) in [6.07, 6.45) is 5.31. The highest BCUT2D eigenvalue weighted by Gasteiger charge is 2.25. The van der Waals surface area contributed by atoms with E-state index in [9.17, 15) is 4.79 Å². The van der Waals surface area contributed by atoms with E-state index < -0.39 is 6.04 Å². The molecule has 0 aliphatic carbocycles. The molecule has 0 unspecified atom stereocenters. The lowest BCUT2D eigenvalue weighted by Crippen LogP contribution is -2.45. The molecule has 0 saturated carbocycles. The number of amides is 1. The molecule has 0 radical (unpaired) electrons. The van der Waals surface area contributed by atoms with E-state index in [2.05, 4.69) is 34.7 Å². The van der Waals surface area contributed by atoms with Crippen molar-refractivity contribution in [3.63, 3.8) is 0 Å². The van der Waals surface area contributed by atoms with Crippen molar-refractivity contribution < 1.29 is 4.79 Å². The molecule has 2 aliphatic rings. The van der Waals surface area contributed by atoms with Crippen LogP contribution >= 0.6 is 36.6 Å². The van der Waals surface area contributed by atoms with Crippen molar-refractivity contribution >= 4 is 42.5 Å².